The Hall–Kier alpha value is -1.31. The van der Waals surface area contributed by atoms with Crippen LogP contribution in [0.1, 0.15) is 19.3 Å². The standard InChI is InChI=1S/C12H21N3O3S/c1-15(7-3-2-4-8-16)12-6-5-10(9-11(12)13)19(14,17)18/h5-6,9,16H,2-4,7-8,13H2,1H3,(H2,14,17,18). The number of nitrogens with two attached hydrogens (primary N) is 2. The minimum Gasteiger partial charge on any atom is -0.397 e. The summed E-state index contributed by atoms with van der Waals surface area (Å²) >= 11 is 0. The predicted octanol–water partition coefficient (Wildman–Crippen LogP) is 0.515. The lowest BCUT2D eigenvalue weighted by atomic mass is 10.2. The third kappa shape index (κ3) is 4.70. The van der Waals surface area contributed by atoms with Gasteiger partial charge in [0.05, 0.1) is 16.3 Å². The van der Waals surface area contributed by atoms with Gasteiger partial charge in [0.2, 0.25) is 10.0 Å². The Labute approximate surface area is 114 Å². The van der Waals surface area contributed by atoms with Crippen molar-refractivity contribution in [2.45, 2.75) is 24.2 Å². The lowest BCUT2D eigenvalue weighted by Gasteiger charge is -2.21. The van der Waals surface area contributed by atoms with Gasteiger partial charge < -0.3 is 15.7 Å². The molecular weight excluding hydrogens is 266 g/mol. The number of sulfonamides is 1. The van der Waals surface area contributed by atoms with Crippen molar-refractivity contribution in [1.82, 2.24) is 0 Å². The van der Waals surface area contributed by atoms with Gasteiger partial charge in [-0.15, -0.1) is 0 Å². The number of aliphatic hydroxyl groups excluding tert-OH is 1. The summed E-state index contributed by atoms with van der Waals surface area (Å²) in [5, 5.41) is 13.7. The van der Waals surface area contributed by atoms with Crippen LogP contribution in [0.15, 0.2) is 23.1 Å². The van der Waals surface area contributed by atoms with Crippen molar-refractivity contribution < 1.29 is 13.5 Å². The molecule has 0 aliphatic heterocycles. The van der Waals surface area contributed by atoms with Crippen molar-refractivity contribution in [3.05, 3.63) is 18.2 Å². The van der Waals surface area contributed by atoms with Crippen LogP contribution in [-0.4, -0.2) is 33.7 Å². The fourth-order valence-electron chi connectivity index (χ4n) is 1.82. The van der Waals surface area contributed by atoms with Gasteiger partial charge in [0.25, 0.3) is 0 Å². The van der Waals surface area contributed by atoms with Crippen LogP contribution in [0.5, 0.6) is 0 Å². The van der Waals surface area contributed by atoms with Gasteiger partial charge in [0, 0.05) is 20.2 Å². The van der Waals surface area contributed by atoms with E-state index in [1.807, 2.05) is 11.9 Å². The Morgan fingerprint density at radius 2 is 1.95 bits per heavy atom. The lowest BCUT2D eigenvalue weighted by Crippen LogP contribution is -2.20. The molecule has 0 saturated carbocycles. The molecule has 0 bridgehead atoms. The van der Waals surface area contributed by atoms with Crippen LogP contribution in [0.3, 0.4) is 0 Å². The predicted molar refractivity (Wildman–Crippen MR) is 76.4 cm³/mol. The molecule has 0 saturated heterocycles. The minimum atomic E-state index is -3.72. The van der Waals surface area contributed by atoms with Crippen LogP contribution in [0, 0.1) is 0 Å². The molecule has 0 aromatic heterocycles. The highest BCUT2D eigenvalue weighted by atomic mass is 32.2. The molecule has 7 heteroatoms. The molecule has 1 aromatic carbocycles. The molecule has 0 spiro atoms. The molecule has 0 aliphatic rings. The number of hydrogen-bond donors (Lipinski definition) is 3. The number of hydrogen-bond acceptors (Lipinski definition) is 5. The SMILES string of the molecule is CN(CCCCCO)c1ccc(S(N)(=O)=O)cc1N. The van der Waals surface area contributed by atoms with Crippen molar-refractivity contribution in [2.75, 3.05) is 30.8 Å². The maximum Gasteiger partial charge on any atom is 0.238 e. The number of benzene rings is 1. The van der Waals surface area contributed by atoms with Gasteiger partial charge in [0.15, 0.2) is 0 Å². The summed E-state index contributed by atoms with van der Waals surface area (Å²) in [7, 11) is -1.83. The third-order valence-corrected chi connectivity index (χ3v) is 3.80. The first kappa shape index (κ1) is 15.7. The first-order chi connectivity index (χ1) is 8.86. The van der Waals surface area contributed by atoms with E-state index in [2.05, 4.69) is 0 Å². The van der Waals surface area contributed by atoms with Crippen LogP contribution in [0.4, 0.5) is 11.4 Å². The Kier molecular flexibility index (Phi) is 5.59. The van der Waals surface area contributed by atoms with E-state index in [4.69, 9.17) is 16.0 Å². The van der Waals surface area contributed by atoms with E-state index in [1.165, 1.54) is 12.1 Å². The highest BCUT2D eigenvalue weighted by molar-refractivity contribution is 7.89. The lowest BCUT2D eigenvalue weighted by molar-refractivity contribution is 0.283. The largest absolute Gasteiger partial charge is 0.397 e. The third-order valence-electron chi connectivity index (χ3n) is 2.89. The minimum absolute atomic E-state index is 0.0161. The fourth-order valence-corrected chi connectivity index (χ4v) is 2.36. The number of nitrogens with zero attached hydrogens (tertiary/aromatic N) is 1. The van der Waals surface area contributed by atoms with E-state index < -0.39 is 10.0 Å². The summed E-state index contributed by atoms with van der Waals surface area (Å²) in [6.45, 7) is 0.994. The molecule has 6 nitrogen and oxygen atoms in total. The monoisotopic (exact) mass is 287 g/mol. The molecule has 0 amide bonds. The van der Waals surface area contributed by atoms with Crippen molar-refractivity contribution in [3.63, 3.8) is 0 Å². The molecule has 108 valence electrons. The van der Waals surface area contributed by atoms with Gasteiger partial charge in [-0.05, 0) is 37.5 Å². The summed E-state index contributed by atoms with van der Waals surface area (Å²) in [5.74, 6) is 0. The number of aliphatic hydroxyl groups is 1. The average molecular weight is 287 g/mol. The zero-order chi connectivity index (χ0) is 14.5. The van der Waals surface area contributed by atoms with E-state index in [9.17, 15) is 8.42 Å². The maximum absolute atomic E-state index is 11.2. The quantitative estimate of drug-likeness (QED) is 0.500. The van der Waals surface area contributed by atoms with Gasteiger partial charge in [-0.1, -0.05) is 0 Å². The Morgan fingerprint density at radius 1 is 1.26 bits per heavy atom. The van der Waals surface area contributed by atoms with E-state index >= 15 is 0 Å². The van der Waals surface area contributed by atoms with Gasteiger partial charge >= 0.3 is 0 Å². The molecule has 0 heterocycles. The maximum atomic E-state index is 11.2. The van der Waals surface area contributed by atoms with Crippen LogP contribution in [0.2, 0.25) is 0 Å². The number of unbranched alkanes of at least 4 members (excludes halogenated alkanes) is 2. The topological polar surface area (TPSA) is 110 Å². The van der Waals surface area contributed by atoms with Crippen molar-refractivity contribution in [2.24, 2.45) is 5.14 Å². The number of anilines is 2. The van der Waals surface area contributed by atoms with Crippen LogP contribution in [0.25, 0.3) is 0 Å². The summed E-state index contributed by atoms with van der Waals surface area (Å²) in [4.78, 5) is 1.97. The van der Waals surface area contributed by atoms with Crippen LogP contribution >= 0.6 is 0 Å². The molecule has 0 unspecified atom stereocenters. The van der Waals surface area contributed by atoms with E-state index in [1.54, 1.807) is 6.07 Å². The van der Waals surface area contributed by atoms with Crippen molar-refractivity contribution >= 4 is 21.4 Å². The second kappa shape index (κ2) is 6.74. The van der Waals surface area contributed by atoms with Crippen molar-refractivity contribution in [1.29, 1.82) is 0 Å². The highest BCUT2D eigenvalue weighted by Crippen LogP contribution is 2.25. The number of rotatable bonds is 7. The van der Waals surface area contributed by atoms with Gasteiger partial charge in [0.1, 0.15) is 0 Å². The first-order valence-electron chi connectivity index (χ1n) is 6.10. The molecule has 5 N–H and O–H groups in total. The summed E-state index contributed by atoms with van der Waals surface area (Å²) in [6.07, 6.45) is 2.66. The van der Waals surface area contributed by atoms with E-state index in [0.29, 0.717) is 5.69 Å². The Balaban J connectivity index is 2.74. The number of nitrogen functional groups attached to an aromatic ring is 1. The molecule has 1 aromatic rings. The molecule has 19 heavy (non-hydrogen) atoms. The smallest absolute Gasteiger partial charge is 0.238 e. The fraction of sp³-hybridized carbons (Fsp3) is 0.500. The first-order valence-corrected chi connectivity index (χ1v) is 7.65. The molecule has 0 aliphatic carbocycles. The molecular formula is C12H21N3O3S. The van der Waals surface area contributed by atoms with Crippen LogP contribution in [-0.2, 0) is 10.0 Å². The normalized spacial score (nSPS) is 11.5. The zero-order valence-electron chi connectivity index (χ0n) is 11.0. The van der Waals surface area contributed by atoms with E-state index in [0.717, 1.165) is 31.5 Å². The Bertz CT molecular complexity index is 517. The summed E-state index contributed by atoms with van der Waals surface area (Å²) < 4.78 is 22.4. The number of primary sulfonamides is 1. The van der Waals surface area contributed by atoms with Crippen molar-refractivity contribution in [3.8, 4) is 0 Å². The van der Waals surface area contributed by atoms with Crippen LogP contribution < -0.4 is 15.8 Å². The summed E-state index contributed by atoms with van der Waals surface area (Å²) in [5.41, 5.74) is 7.01. The molecule has 0 fully saturated rings. The Morgan fingerprint density at radius 3 is 2.47 bits per heavy atom. The highest BCUT2D eigenvalue weighted by Gasteiger charge is 2.11. The zero-order valence-corrected chi connectivity index (χ0v) is 11.9. The second-order valence-corrected chi connectivity index (χ2v) is 6.03. The summed E-state index contributed by atoms with van der Waals surface area (Å²) in [6, 6.07) is 4.47. The molecule has 1 rings (SSSR count). The molecule has 0 radical (unpaired) electrons. The second-order valence-electron chi connectivity index (χ2n) is 4.47. The average Bonchev–Trinajstić information content (AvgIpc) is 2.33. The molecule has 0 atom stereocenters. The van der Waals surface area contributed by atoms with Gasteiger partial charge in [-0.2, -0.15) is 0 Å². The van der Waals surface area contributed by atoms with Gasteiger partial charge in [-0.25, -0.2) is 13.6 Å². The van der Waals surface area contributed by atoms with E-state index in [-0.39, 0.29) is 11.5 Å². The van der Waals surface area contributed by atoms with Gasteiger partial charge in [-0.3, -0.25) is 0 Å².